The number of benzene rings is 3. The fourth-order valence-electron chi connectivity index (χ4n) is 4.16. The van der Waals surface area contributed by atoms with E-state index in [0.717, 1.165) is 27.6 Å². The SMILES string of the molecule is CCNC(=O)[C@@H](CC)N(CCc1ccccc1)C(=O)CN(c1ccc(C)cc1)S(=O)(=O)c1ccc(F)cc1. The van der Waals surface area contributed by atoms with E-state index in [1.165, 1.54) is 17.0 Å². The Labute approximate surface area is 224 Å². The molecule has 3 rings (SSSR count). The summed E-state index contributed by atoms with van der Waals surface area (Å²) in [6.07, 6.45) is 0.860. The Balaban J connectivity index is 1.99. The van der Waals surface area contributed by atoms with Crippen LogP contribution in [0, 0.1) is 12.7 Å². The van der Waals surface area contributed by atoms with E-state index in [-0.39, 0.29) is 17.3 Å². The third kappa shape index (κ3) is 7.19. The summed E-state index contributed by atoms with van der Waals surface area (Å²) < 4.78 is 42.0. The zero-order valence-corrected chi connectivity index (χ0v) is 22.7. The topological polar surface area (TPSA) is 86.8 Å². The number of carbonyl (C=O) groups is 2. The summed E-state index contributed by atoms with van der Waals surface area (Å²) in [5, 5.41) is 2.78. The zero-order chi connectivity index (χ0) is 27.7. The smallest absolute Gasteiger partial charge is 0.264 e. The van der Waals surface area contributed by atoms with E-state index in [9.17, 15) is 22.4 Å². The maximum Gasteiger partial charge on any atom is 0.264 e. The molecule has 0 spiro atoms. The fourth-order valence-corrected chi connectivity index (χ4v) is 5.58. The molecule has 0 heterocycles. The standard InChI is InChI=1S/C29H34FN3O4S/c1-4-27(29(35)31-5-2)32(20-19-23-9-7-6-8-10-23)28(34)21-33(25-15-11-22(3)12-16-25)38(36,37)26-17-13-24(30)14-18-26/h6-18,27H,4-5,19-21H2,1-3H3,(H,31,35)/t27-/m1/s1. The molecule has 9 heteroatoms. The average molecular weight is 540 g/mol. The normalized spacial score (nSPS) is 12.0. The van der Waals surface area contributed by atoms with Gasteiger partial charge in [0.05, 0.1) is 10.6 Å². The minimum atomic E-state index is -4.22. The van der Waals surface area contributed by atoms with E-state index in [2.05, 4.69) is 5.32 Å². The van der Waals surface area contributed by atoms with E-state index >= 15 is 0 Å². The van der Waals surface area contributed by atoms with Crippen molar-refractivity contribution in [2.24, 2.45) is 0 Å². The second-order valence-corrected chi connectivity index (χ2v) is 10.8. The quantitative estimate of drug-likeness (QED) is 0.372. The summed E-state index contributed by atoms with van der Waals surface area (Å²) >= 11 is 0. The third-order valence-corrected chi connectivity index (χ3v) is 8.01. The number of carbonyl (C=O) groups excluding carboxylic acids is 2. The van der Waals surface area contributed by atoms with Gasteiger partial charge in [0.25, 0.3) is 10.0 Å². The van der Waals surface area contributed by atoms with Crippen LogP contribution < -0.4 is 9.62 Å². The van der Waals surface area contributed by atoms with E-state index in [0.29, 0.717) is 25.1 Å². The molecular formula is C29H34FN3O4S. The summed E-state index contributed by atoms with van der Waals surface area (Å²) in [6, 6.07) is 20.0. The molecule has 0 saturated heterocycles. The maximum absolute atomic E-state index is 13.8. The zero-order valence-electron chi connectivity index (χ0n) is 21.9. The molecule has 0 unspecified atom stereocenters. The van der Waals surface area contributed by atoms with Crippen molar-refractivity contribution in [1.82, 2.24) is 10.2 Å². The van der Waals surface area contributed by atoms with Gasteiger partial charge in [-0.25, -0.2) is 12.8 Å². The van der Waals surface area contributed by atoms with Gasteiger partial charge in [0, 0.05) is 13.1 Å². The first kappa shape index (κ1) is 28.8. The maximum atomic E-state index is 13.8. The van der Waals surface area contributed by atoms with Crippen LogP contribution in [0.5, 0.6) is 0 Å². The molecule has 0 saturated carbocycles. The number of likely N-dealkylation sites (N-methyl/N-ethyl adjacent to an activating group) is 1. The van der Waals surface area contributed by atoms with Crippen molar-refractivity contribution in [2.45, 2.75) is 44.6 Å². The fraction of sp³-hybridized carbons (Fsp3) is 0.310. The van der Waals surface area contributed by atoms with Gasteiger partial charge in [-0.15, -0.1) is 0 Å². The van der Waals surface area contributed by atoms with Crippen molar-refractivity contribution in [1.29, 1.82) is 0 Å². The van der Waals surface area contributed by atoms with E-state index in [4.69, 9.17) is 0 Å². The summed E-state index contributed by atoms with van der Waals surface area (Å²) in [6.45, 7) is 5.61. The predicted molar refractivity (Wildman–Crippen MR) is 147 cm³/mol. The molecule has 202 valence electrons. The Morgan fingerprint density at radius 1 is 0.921 bits per heavy atom. The number of rotatable bonds is 12. The van der Waals surface area contributed by atoms with Gasteiger partial charge >= 0.3 is 0 Å². The molecule has 1 N–H and O–H groups in total. The van der Waals surface area contributed by atoms with E-state index < -0.39 is 34.3 Å². The van der Waals surface area contributed by atoms with Crippen molar-refractivity contribution in [3.05, 3.63) is 95.8 Å². The van der Waals surface area contributed by atoms with Crippen LogP contribution in [0.1, 0.15) is 31.4 Å². The van der Waals surface area contributed by atoms with E-state index in [1.807, 2.05) is 44.2 Å². The van der Waals surface area contributed by atoms with Crippen LogP contribution in [0.25, 0.3) is 0 Å². The largest absolute Gasteiger partial charge is 0.355 e. The van der Waals surface area contributed by atoms with Crippen molar-refractivity contribution in [2.75, 3.05) is 23.9 Å². The number of amides is 2. The van der Waals surface area contributed by atoms with Gasteiger partial charge in [-0.3, -0.25) is 13.9 Å². The molecule has 38 heavy (non-hydrogen) atoms. The van der Waals surface area contributed by atoms with Crippen molar-refractivity contribution < 1.29 is 22.4 Å². The van der Waals surface area contributed by atoms with Crippen LogP contribution in [-0.4, -0.2) is 50.8 Å². The summed E-state index contributed by atoms with van der Waals surface area (Å²) in [4.78, 5) is 28.1. The van der Waals surface area contributed by atoms with Gasteiger partial charge in [-0.05, 0) is 68.7 Å². The second-order valence-electron chi connectivity index (χ2n) is 8.94. The van der Waals surface area contributed by atoms with Gasteiger partial charge in [0.15, 0.2) is 0 Å². The Morgan fingerprint density at radius 3 is 2.13 bits per heavy atom. The van der Waals surface area contributed by atoms with Crippen LogP contribution >= 0.6 is 0 Å². The number of aryl methyl sites for hydroxylation is 1. The van der Waals surface area contributed by atoms with Gasteiger partial charge in [0.1, 0.15) is 18.4 Å². The van der Waals surface area contributed by atoms with Crippen molar-refractivity contribution in [3.8, 4) is 0 Å². The third-order valence-electron chi connectivity index (χ3n) is 6.22. The van der Waals surface area contributed by atoms with E-state index in [1.54, 1.807) is 31.2 Å². The first-order chi connectivity index (χ1) is 18.2. The highest BCUT2D eigenvalue weighted by Crippen LogP contribution is 2.25. The number of halogens is 1. The molecule has 1 atom stereocenters. The number of sulfonamides is 1. The van der Waals surface area contributed by atoms with Crippen LogP contribution in [0.15, 0.2) is 83.8 Å². The Hall–Kier alpha value is -3.72. The predicted octanol–water partition coefficient (Wildman–Crippen LogP) is 4.32. The summed E-state index contributed by atoms with van der Waals surface area (Å²) in [7, 11) is -4.22. The first-order valence-electron chi connectivity index (χ1n) is 12.6. The molecule has 0 radical (unpaired) electrons. The highest BCUT2D eigenvalue weighted by atomic mass is 32.2. The van der Waals surface area contributed by atoms with Gasteiger partial charge < -0.3 is 10.2 Å². The number of hydrogen-bond donors (Lipinski definition) is 1. The minimum absolute atomic E-state index is 0.140. The van der Waals surface area contributed by atoms with Gasteiger partial charge in [-0.2, -0.15) is 0 Å². The Kier molecular flexibility index (Phi) is 10.0. The Morgan fingerprint density at radius 2 is 1.55 bits per heavy atom. The Bertz CT molecular complexity index is 1310. The highest BCUT2D eigenvalue weighted by Gasteiger charge is 2.33. The lowest BCUT2D eigenvalue weighted by Gasteiger charge is -2.33. The number of hydrogen-bond acceptors (Lipinski definition) is 4. The highest BCUT2D eigenvalue weighted by molar-refractivity contribution is 7.92. The lowest BCUT2D eigenvalue weighted by molar-refractivity contribution is -0.139. The number of anilines is 1. The average Bonchev–Trinajstić information content (AvgIpc) is 2.91. The van der Waals surface area contributed by atoms with Crippen LogP contribution in [0.2, 0.25) is 0 Å². The molecule has 2 amide bonds. The molecule has 0 aliphatic carbocycles. The molecule has 3 aromatic carbocycles. The van der Waals surface area contributed by atoms with Crippen molar-refractivity contribution in [3.63, 3.8) is 0 Å². The summed E-state index contributed by atoms with van der Waals surface area (Å²) in [5.41, 5.74) is 2.21. The summed E-state index contributed by atoms with van der Waals surface area (Å²) in [5.74, 6) is -1.37. The molecule has 0 bridgehead atoms. The lowest BCUT2D eigenvalue weighted by atomic mass is 10.1. The van der Waals surface area contributed by atoms with Crippen LogP contribution in [0.3, 0.4) is 0 Å². The molecular weight excluding hydrogens is 505 g/mol. The molecule has 0 aromatic heterocycles. The monoisotopic (exact) mass is 539 g/mol. The minimum Gasteiger partial charge on any atom is -0.355 e. The van der Waals surface area contributed by atoms with Crippen LogP contribution in [0.4, 0.5) is 10.1 Å². The number of nitrogens with zero attached hydrogens (tertiary/aromatic N) is 2. The molecule has 0 fully saturated rings. The van der Waals surface area contributed by atoms with Crippen molar-refractivity contribution >= 4 is 27.5 Å². The molecule has 7 nitrogen and oxygen atoms in total. The molecule has 0 aliphatic rings. The van der Waals surface area contributed by atoms with Gasteiger partial charge in [0.2, 0.25) is 11.8 Å². The lowest BCUT2D eigenvalue weighted by Crippen LogP contribution is -2.53. The van der Waals surface area contributed by atoms with Crippen LogP contribution in [-0.2, 0) is 26.0 Å². The first-order valence-corrected chi connectivity index (χ1v) is 14.1. The molecule has 3 aromatic rings. The molecule has 0 aliphatic heterocycles. The number of nitrogens with one attached hydrogen (secondary N) is 1. The second kappa shape index (κ2) is 13.2. The van der Waals surface area contributed by atoms with Gasteiger partial charge in [-0.1, -0.05) is 55.0 Å².